The summed E-state index contributed by atoms with van der Waals surface area (Å²) in [6, 6.07) is 5.72. The Hall–Kier alpha value is -1.42. The smallest absolute Gasteiger partial charge is 0.123 e. The number of nitrogens with zero attached hydrogens (tertiary/aromatic N) is 2. The number of hydrogen-bond donors (Lipinski definition) is 1. The summed E-state index contributed by atoms with van der Waals surface area (Å²) in [5.74, 6) is 0.532. The minimum absolute atomic E-state index is 0.532. The van der Waals surface area contributed by atoms with Crippen LogP contribution in [-0.2, 0) is 0 Å². The molecule has 0 atom stereocenters. The van der Waals surface area contributed by atoms with E-state index in [0.29, 0.717) is 5.82 Å². The van der Waals surface area contributed by atoms with Crippen molar-refractivity contribution in [3.8, 4) is 11.1 Å². The van der Waals surface area contributed by atoms with Crippen LogP contribution in [0.2, 0.25) is 0 Å². The van der Waals surface area contributed by atoms with Crippen LogP contribution in [0.1, 0.15) is 5.56 Å². The standard InChI is InChI=1S/C11H10BrN3/c1-7-9(4-5-14-11(7)12)8-2-3-10(13)15-6-8/h2-6H,1H3,(H2,13,15). The summed E-state index contributed by atoms with van der Waals surface area (Å²) in [6.45, 7) is 2.02. The topological polar surface area (TPSA) is 51.8 Å². The molecule has 0 amide bonds. The summed E-state index contributed by atoms with van der Waals surface area (Å²) in [5.41, 5.74) is 8.80. The number of hydrogen-bond acceptors (Lipinski definition) is 3. The molecule has 0 spiro atoms. The van der Waals surface area contributed by atoms with Crippen molar-refractivity contribution in [2.24, 2.45) is 0 Å². The molecule has 2 aromatic rings. The molecule has 2 N–H and O–H groups in total. The minimum Gasteiger partial charge on any atom is -0.384 e. The van der Waals surface area contributed by atoms with Crippen LogP contribution in [0.25, 0.3) is 11.1 Å². The number of nitrogen functional groups attached to an aromatic ring is 1. The number of nitrogens with two attached hydrogens (primary N) is 1. The Balaban J connectivity index is 2.54. The third kappa shape index (κ3) is 1.99. The fourth-order valence-corrected chi connectivity index (χ4v) is 1.72. The Labute approximate surface area is 96.5 Å². The third-order valence-electron chi connectivity index (χ3n) is 2.24. The van der Waals surface area contributed by atoms with Crippen molar-refractivity contribution >= 4 is 21.7 Å². The van der Waals surface area contributed by atoms with Crippen molar-refractivity contribution in [2.75, 3.05) is 5.73 Å². The van der Waals surface area contributed by atoms with Gasteiger partial charge in [0, 0.05) is 18.0 Å². The molecule has 2 aromatic heterocycles. The first-order valence-corrected chi connectivity index (χ1v) is 5.31. The van der Waals surface area contributed by atoms with Crippen molar-refractivity contribution in [2.45, 2.75) is 6.92 Å². The van der Waals surface area contributed by atoms with Crippen LogP contribution in [0.3, 0.4) is 0 Å². The van der Waals surface area contributed by atoms with Gasteiger partial charge in [0.15, 0.2) is 0 Å². The van der Waals surface area contributed by atoms with E-state index >= 15 is 0 Å². The molecule has 15 heavy (non-hydrogen) atoms. The maximum absolute atomic E-state index is 5.54. The van der Waals surface area contributed by atoms with Crippen molar-refractivity contribution < 1.29 is 0 Å². The Kier molecular flexibility index (Phi) is 2.68. The summed E-state index contributed by atoms with van der Waals surface area (Å²) in [5, 5.41) is 0. The average molecular weight is 264 g/mol. The van der Waals surface area contributed by atoms with Crippen LogP contribution in [0, 0.1) is 6.92 Å². The lowest BCUT2D eigenvalue weighted by Gasteiger charge is -2.06. The van der Waals surface area contributed by atoms with Crippen molar-refractivity contribution in [1.29, 1.82) is 0 Å². The summed E-state index contributed by atoms with van der Waals surface area (Å²) < 4.78 is 0.858. The van der Waals surface area contributed by atoms with Crippen LogP contribution < -0.4 is 5.73 Å². The van der Waals surface area contributed by atoms with Crippen molar-refractivity contribution in [3.05, 3.63) is 40.8 Å². The molecule has 4 heteroatoms. The van der Waals surface area contributed by atoms with Crippen LogP contribution >= 0.6 is 15.9 Å². The number of pyridine rings is 2. The number of halogens is 1. The van der Waals surface area contributed by atoms with Gasteiger partial charge in [-0.1, -0.05) is 0 Å². The van der Waals surface area contributed by atoms with Gasteiger partial charge in [-0.3, -0.25) is 0 Å². The zero-order valence-corrected chi connectivity index (χ0v) is 9.82. The van der Waals surface area contributed by atoms with E-state index in [-0.39, 0.29) is 0 Å². The lowest BCUT2D eigenvalue weighted by Crippen LogP contribution is -1.91. The Morgan fingerprint density at radius 1 is 1.20 bits per heavy atom. The highest BCUT2D eigenvalue weighted by atomic mass is 79.9. The molecular formula is C11H10BrN3. The van der Waals surface area contributed by atoms with Gasteiger partial charge in [0.05, 0.1) is 0 Å². The van der Waals surface area contributed by atoms with E-state index in [1.165, 1.54) is 0 Å². The van der Waals surface area contributed by atoms with Gasteiger partial charge < -0.3 is 5.73 Å². The Morgan fingerprint density at radius 3 is 2.67 bits per heavy atom. The largest absolute Gasteiger partial charge is 0.384 e. The molecule has 2 rings (SSSR count). The molecule has 0 aliphatic rings. The lowest BCUT2D eigenvalue weighted by molar-refractivity contribution is 1.21. The zero-order valence-electron chi connectivity index (χ0n) is 8.24. The maximum Gasteiger partial charge on any atom is 0.123 e. The number of anilines is 1. The highest BCUT2D eigenvalue weighted by Gasteiger charge is 2.05. The fraction of sp³-hybridized carbons (Fsp3) is 0.0909. The fourth-order valence-electron chi connectivity index (χ4n) is 1.39. The van der Waals surface area contributed by atoms with Gasteiger partial charge in [0.25, 0.3) is 0 Å². The van der Waals surface area contributed by atoms with Crippen molar-refractivity contribution in [1.82, 2.24) is 9.97 Å². The monoisotopic (exact) mass is 263 g/mol. The van der Waals surface area contributed by atoms with E-state index in [4.69, 9.17) is 5.73 Å². The normalized spacial score (nSPS) is 10.3. The number of rotatable bonds is 1. The molecule has 0 saturated carbocycles. The first-order chi connectivity index (χ1) is 7.18. The molecule has 0 aromatic carbocycles. The van der Waals surface area contributed by atoms with E-state index in [1.807, 2.05) is 19.1 Å². The Morgan fingerprint density at radius 2 is 2.00 bits per heavy atom. The van der Waals surface area contributed by atoms with Crippen LogP contribution in [-0.4, -0.2) is 9.97 Å². The van der Waals surface area contributed by atoms with Gasteiger partial charge in [0.2, 0.25) is 0 Å². The number of aromatic nitrogens is 2. The predicted octanol–water partition coefficient (Wildman–Crippen LogP) is 2.80. The van der Waals surface area contributed by atoms with Gasteiger partial charge in [-0.05, 0) is 52.2 Å². The minimum atomic E-state index is 0.532. The van der Waals surface area contributed by atoms with Crippen LogP contribution in [0.4, 0.5) is 5.82 Å². The SMILES string of the molecule is Cc1c(-c2ccc(N)nc2)ccnc1Br. The maximum atomic E-state index is 5.54. The van der Waals surface area contributed by atoms with Gasteiger partial charge in [-0.15, -0.1) is 0 Å². The van der Waals surface area contributed by atoms with E-state index < -0.39 is 0 Å². The molecule has 0 radical (unpaired) electrons. The first-order valence-electron chi connectivity index (χ1n) is 4.51. The summed E-state index contributed by atoms with van der Waals surface area (Å²) in [4.78, 5) is 8.22. The van der Waals surface area contributed by atoms with Crippen LogP contribution in [0.15, 0.2) is 35.2 Å². The molecule has 0 fully saturated rings. The van der Waals surface area contributed by atoms with E-state index in [0.717, 1.165) is 21.3 Å². The second-order valence-electron chi connectivity index (χ2n) is 3.25. The molecule has 0 unspecified atom stereocenters. The van der Waals surface area contributed by atoms with Crippen molar-refractivity contribution in [3.63, 3.8) is 0 Å². The van der Waals surface area contributed by atoms with E-state index in [9.17, 15) is 0 Å². The predicted molar refractivity (Wildman–Crippen MR) is 64.3 cm³/mol. The molecular weight excluding hydrogens is 254 g/mol. The van der Waals surface area contributed by atoms with Gasteiger partial charge in [-0.2, -0.15) is 0 Å². The highest BCUT2D eigenvalue weighted by Crippen LogP contribution is 2.26. The van der Waals surface area contributed by atoms with Gasteiger partial charge in [-0.25, -0.2) is 9.97 Å². The van der Waals surface area contributed by atoms with E-state index in [1.54, 1.807) is 18.5 Å². The van der Waals surface area contributed by atoms with Gasteiger partial charge in [0.1, 0.15) is 10.4 Å². The first kappa shape index (κ1) is 10.1. The summed E-state index contributed by atoms with van der Waals surface area (Å²) in [7, 11) is 0. The summed E-state index contributed by atoms with van der Waals surface area (Å²) in [6.07, 6.45) is 3.53. The zero-order chi connectivity index (χ0) is 10.8. The van der Waals surface area contributed by atoms with Gasteiger partial charge >= 0.3 is 0 Å². The molecule has 3 nitrogen and oxygen atoms in total. The van der Waals surface area contributed by atoms with E-state index in [2.05, 4.69) is 25.9 Å². The molecule has 2 heterocycles. The summed E-state index contributed by atoms with van der Waals surface area (Å²) >= 11 is 3.40. The molecule has 0 bridgehead atoms. The highest BCUT2D eigenvalue weighted by molar-refractivity contribution is 9.10. The quantitative estimate of drug-likeness (QED) is 0.806. The molecule has 0 aliphatic carbocycles. The van der Waals surface area contributed by atoms with Crippen LogP contribution in [0.5, 0.6) is 0 Å². The second-order valence-corrected chi connectivity index (χ2v) is 4.00. The lowest BCUT2D eigenvalue weighted by atomic mass is 10.1. The second kappa shape index (κ2) is 3.98. The Bertz CT molecular complexity index is 480. The third-order valence-corrected chi connectivity index (χ3v) is 3.04. The molecule has 0 saturated heterocycles. The molecule has 76 valence electrons. The molecule has 0 aliphatic heterocycles. The average Bonchev–Trinajstić information content (AvgIpc) is 2.24.